The van der Waals surface area contributed by atoms with Gasteiger partial charge in [-0.15, -0.1) is 0 Å². The summed E-state index contributed by atoms with van der Waals surface area (Å²) in [5.74, 6) is 1.06. The molecule has 116 valence electrons. The van der Waals surface area contributed by atoms with Gasteiger partial charge in [-0.05, 0) is 19.3 Å². The van der Waals surface area contributed by atoms with Gasteiger partial charge in [-0.1, -0.05) is 13.3 Å². The number of amides is 1. The highest BCUT2D eigenvalue weighted by Crippen LogP contribution is 2.36. The maximum absolute atomic E-state index is 11.8. The Kier molecular flexibility index (Phi) is 5.50. The van der Waals surface area contributed by atoms with Crippen molar-refractivity contribution >= 4 is 11.7 Å². The summed E-state index contributed by atoms with van der Waals surface area (Å²) in [7, 11) is 1.85. The molecule has 0 unspecified atom stereocenters. The van der Waals surface area contributed by atoms with E-state index in [0.29, 0.717) is 5.92 Å². The average molecular weight is 292 g/mol. The summed E-state index contributed by atoms with van der Waals surface area (Å²) in [6.07, 6.45) is 4.92. The number of anilines is 1. The maximum atomic E-state index is 11.8. The van der Waals surface area contributed by atoms with Gasteiger partial charge in [-0.25, -0.2) is 9.97 Å². The SMILES string of the molecule is CCCCNC(=O)CN(C)c1cc(C2CC(O)C2)ncn1. The van der Waals surface area contributed by atoms with Crippen LogP contribution in [0.15, 0.2) is 12.4 Å². The fourth-order valence-corrected chi connectivity index (χ4v) is 2.38. The minimum absolute atomic E-state index is 0.00480. The van der Waals surface area contributed by atoms with Crippen LogP contribution in [0.25, 0.3) is 0 Å². The smallest absolute Gasteiger partial charge is 0.239 e. The second-order valence-corrected chi connectivity index (χ2v) is 5.68. The fourth-order valence-electron chi connectivity index (χ4n) is 2.38. The van der Waals surface area contributed by atoms with E-state index in [9.17, 15) is 9.90 Å². The van der Waals surface area contributed by atoms with Gasteiger partial charge in [-0.2, -0.15) is 0 Å². The predicted molar refractivity (Wildman–Crippen MR) is 81.2 cm³/mol. The van der Waals surface area contributed by atoms with Gasteiger partial charge < -0.3 is 15.3 Å². The van der Waals surface area contributed by atoms with Gasteiger partial charge >= 0.3 is 0 Å². The number of carbonyl (C=O) groups excluding carboxylic acids is 1. The van der Waals surface area contributed by atoms with E-state index in [4.69, 9.17) is 0 Å². The average Bonchev–Trinajstić information content (AvgIpc) is 2.44. The zero-order valence-electron chi connectivity index (χ0n) is 12.7. The number of nitrogens with zero attached hydrogens (tertiary/aromatic N) is 3. The van der Waals surface area contributed by atoms with Crippen molar-refractivity contribution in [2.75, 3.05) is 25.0 Å². The zero-order chi connectivity index (χ0) is 15.2. The van der Waals surface area contributed by atoms with Crippen LogP contribution in [0.5, 0.6) is 0 Å². The summed E-state index contributed by atoms with van der Waals surface area (Å²) >= 11 is 0. The van der Waals surface area contributed by atoms with Gasteiger partial charge in [-0.3, -0.25) is 4.79 Å². The Hall–Kier alpha value is -1.69. The van der Waals surface area contributed by atoms with Gasteiger partial charge in [0, 0.05) is 31.3 Å². The number of likely N-dealkylation sites (N-methyl/N-ethyl adjacent to an activating group) is 1. The van der Waals surface area contributed by atoms with Crippen LogP contribution in [-0.2, 0) is 4.79 Å². The van der Waals surface area contributed by atoms with Crippen LogP contribution >= 0.6 is 0 Å². The quantitative estimate of drug-likeness (QED) is 0.735. The molecule has 1 fully saturated rings. The van der Waals surface area contributed by atoms with Crippen LogP contribution in [-0.4, -0.2) is 47.2 Å². The molecule has 21 heavy (non-hydrogen) atoms. The summed E-state index contributed by atoms with van der Waals surface area (Å²) in [5.41, 5.74) is 0.948. The predicted octanol–water partition coefficient (Wildman–Crippen LogP) is 1.07. The first-order valence-corrected chi connectivity index (χ1v) is 7.58. The van der Waals surface area contributed by atoms with Gasteiger partial charge in [0.15, 0.2) is 0 Å². The third-order valence-electron chi connectivity index (χ3n) is 3.83. The molecule has 1 aliphatic carbocycles. The van der Waals surface area contributed by atoms with E-state index in [1.807, 2.05) is 18.0 Å². The molecule has 1 aromatic heterocycles. The van der Waals surface area contributed by atoms with Crippen molar-refractivity contribution in [3.05, 3.63) is 18.1 Å². The number of hydrogen-bond acceptors (Lipinski definition) is 5. The molecule has 2 N–H and O–H groups in total. The van der Waals surface area contributed by atoms with Crippen molar-refractivity contribution in [2.45, 2.75) is 44.6 Å². The van der Waals surface area contributed by atoms with Gasteiger partial charge in [0.05, 0.1) is 12.6 Å². The lowest BCUT2D eigenvalue weighted by molar-refractivity contribution is -0.119. The van der Waals surface area contributed by atoms with Gasteiger partial charge in [0.25, 0.3) is 0 Å². The Balaban J connectivity index is 1.88. The lowest BCUT2D eigenvalue weighted by Gasteiger charge is -2.31. The van der Waals surface area contributed by atoms with Crippen molar-refractivity contribution in [3.63, 3.8) is 0 Å². The third-order valence-corrected chi connectivity index (χ3v) is 3.83. The second kappa shape index (κ2) is 7.36. The summed E-state index contributed by atoms with van der Waals surface area (Å²) in [6.45, 7) is 3.10. The number of unbranched alkanes of at least 4 members (excludes halogenated alkanes) is 1. The molecule has 1 saturated carbocycles. The van der Waals surface area contributed by atoms with Crippen LogP contribution < -0.4 is 10.2 Å². The molecule has 1 heterocycles. The molecule has 6 nitrogen and oxygen atoms in total. The van der Waals surface area contributed by atoms with E-state index in [-0.39, 0.29) is 18.6 Å². The van der Waals surface area contributed by atoms with Gasteiger partial charge in [0.2, 0.25) is 5.91 Å². The van der Waals surface area contributed by atoms with Crippen molar-refractivity contribution < 1.29 is 9.90 Å². The van der Waals surface area contributed by atoms with Crippen LogP contribution in [0, 0.1) is 0 Å². The molecule has 0 atom stereocenters. The summed E-state index contributed by atoms with van der Waals surface area (Å²) in [6, 6.07) is 1.91. The Morgan fingerprint density at radius 1 is 1.48 bits per heavy atom. The Morgan fingerprint density at radius 2 is 2.24 bits per heavy atom. The molecule has 0 spiro atoms. The number of hydrogen-bond donors (Lipinski definition) is 2. The summed E-state index contributed by atoms with van der Waals surface area (Å²) in [4.78, 5) is 22.1. The molecule has 1 aromatic rings. The Morgan fingerprint density at radius 3 is 2.90 bits per heavy atom. The molecule has 0 aromatic carbocycles. The zero-order valence-corrected chi connectivity index (χ0v) is 12.7. The first-order valence-electron chi connectivity index (χ1n) is 7.58. The lowest BCUT2D eigenvalue weighted by atomic mass is 9.80. The number of aromatic nitrogens is 2. The highest BCUT2D eigenvalue weighted by atomic mass is 16.3. The number of carbonyl (C=O) groups is 1. The minimum Gasteiger partial charge on any atom is -0.393 e. The number of aliphatic hydroxyl groups excluding tert-OH is 1. The molecule has 1 amide bonds. The summed E-state index contributed by atoms with van der Waals surface area (Å²) < 4.78 is 0. The molecule has 0 bridgehead atoms. The number of aliphatic hydroxyl groups is 1. The Labute approximate surface area is 125 Å². The standard InChI is InChI=1S/C15H24N4O2/c1-3-4-5-16-15(21)9-19(2)14-8-13(17-10-18-14)11-6-12(20)7-11/h8,10-12,20H,3-7,9H2,1-2H3,(H,16,21). The molecule has 6 heteroatoms. The largest absolute Gasteiger partial charge is 0.393 e. The maximum Gasteiger partial charge on any atom is 0.239 e. The van der Waals surface area contributed by atoms with E-state index in [1.165, 1.54) is 6.33 Å². The van der Waals surface area contributed by atoms with Crippen molar-refractivity contribution in [1.82, 2.24) is 15.3 Å². The topological polar surface area (TPSA) is 78.4 Å². The van der Waals surface area contributed by atoms with E-state index < -0.39 is 0 Å². The van der Waals surface area contributed by atoms with Crippen LogP contribution in [0.1, 0.15) is 44.2 Å². The number of nitrogens with one attached hydrogen (secondary N) is 1. The molecule has 2 rings (SSSR count). The molecule has 1 aliphatic rings. The van der Waals surface area contributed by atoms with E-state index >= 15 is 0 Å². The Bertz CT molecular complexity index is 474. The second-order valence-electron chi connectivity index (χ2n) is 5.68. The van der Waals surface area contributed by atoms with Crippen LogP contribution in [0.2, 0.25) is 0 Å². The third kappa shape index (κ3) is 4.39. The van der Waals surface area contributed by atoms with Gasteiger partial charge in [0.1, 0.15) is 12.1 Å². The first-order chi connectivity index (χ1) is 10.1. The fraction of sp³-hybridized carbons (Fsp3) is 0.667. The monoisotopic (exact) mass is 292 g/mol. The minimum atomic E-state index is -0.199. The van der Waals surface area contributed by atoms with E-state index in [1.54, 1.807) is 0 Å². The number of rotatable bonds is 7. The van der Waals surface area contributed by atoms with Crippen LogP contribution in [0.3, 0.4) is 0 Å². The molecular formula is C15H24N4O2. The van der Waals surface area contributed by atoms with E-state index in [2.05, 4.69) is 22.2 Å². The highest BCUT2D eigenvalue weighted by Gasteiger charge is 2.30. The van der Waals surface area contributed by atoms with Crippen molar-refractivity contribution in [3.8, 4) is 0 Å². The molecular weight excluding hydrogens is 268 g/mol. The molecule has 0 aliphatic heterocycles. The van der Waals surface area contributed by atoms with E-state index in [0.717, 1.165) is 43.7 Å². The lowest BCUT2D eigenvalue weighted by Crippen LogP contribution is -2.36. The van der Waals surface area contributed by atoms with Crippen molar-refractivity contribution in [1.29, 1.82) is 0 Å². The normalized spacial score (nSPS) is 20.7. The molecule has 0 saturated heterocycles. The molecule has 0 radical (unpaired) electrons. The van der Waals surface area contributed by atoms with Crippen LogP contribution in [0.4, 0.5) is 5.82 Å². The van der Waals surface area contributed by atoms with Crippen molar-refractivity contribution in [2.24, 2.45) is 0 Å². The first kappa shape index (κ1) is 15.7. The summed E-state index contributed by atoms with van der Waals surface area (Å²) in [5, 5.41) is 12.3. The highest BCUT2D eigenvalue weighted by molar-refractivity contribution is 5.80.